The van der Waals surface area contributed by atoms with E-state index in [9.17, 15) is 14.4 Å². The molecule has 1 N–H and O–H groups in total. The monoisotopic (exact) mass is 1180 g/mol. The van der Waals surface area contributed by atoms with Crippen LogP contribution in [0, 0.1) is 18.8 Å². The number of hydrogen-bond acceptors (Lipinski definition) is 12. The number of hydrogen-bond donors (Lipinski definition) is 1. The number of methoxy groups -OCH3 is 1. The maximum Gasteiger partial charge on any atom is 0.410 e. The zero-order valence-corrected chi connectivity index (χ0v) is 49.2. The van der Waals surface area contributed by atoms with E-state index in [1.807, 2.05) is 131 Å². The second-order valence-electron chi connectivity index (χ2n) is 20.9. The van der Waals surface area contributed by atoms with Gasteiger partial charge in [-0.3, -0.25) is 0 Å². The minimum atomic E-state index is -0.484. The maximum absolute atomic E-state index is 12.6. The largest absolute Gasteiger partial charge is 0.465 e. The molecule has 0 spiro atoms. The molecule has 14 nitrogen and oxygen atoms in total. The Morgan fingerprint density at radius 1 is 0.620 bits per heavy atom. The van der Waals surface area contributed by atoms with E-state index < -0.39 is 11.2 Å². The number of anilines is 2. The third kappa shape index (κ3) is 22.7. The highest BCUT2D eigenvalue weighted by Gasteiger charge is 2.32. The summed E-state index contributed by atoms with van der Waals surface area (Å²) in [7, 11) is 1.38. The molecule has 2 saturated heterocycles. The van der Waals surface area contributed by atoms with Crippen LogP contribution >= 0.6 is 39.1 Å². The molecule has 6 aromatic carbocycles. The highest BCUT2D eigenvalue weighted by atomic mass is 79.9. The summed E-state index contributed by atoms with van der Waals surface area (Å²) in [5.74, 6) is 3.52. The first kappa shape index (κ1) is 62.8. The number of nitrogens with one attached hydrogen (secondary N) is 1. The van der Waals surface area contributed by atoms with Crippen LogP contribution in [0.2, 0.25) is 10.0 Å². The van der Waals surface area contributed by atoms with Crippen LogP contribution < -0.4 is 19.7 Å². The van der Waals surface area contributed by atoms with Crippen molar-refractivity contribution in [3.8, 4) is 23.0 Å². The number of halogens is 3. The van der Waals surface area contributed by atoms with Gasteiger partial charge in [0, 0.05) is 72.6 Å². The van der Waals surface area contributed by atoms with Crippen molar-refractivity contribution in [2.24, 2.45) is 11.8 Å². The molecule has 6 aromatic rings. The van der Waals surface area contributed by atoms with Crippen LogP contribution in [0.25, 0.3) is 0 Å². The fraction of sp³-hybridized carbons (Fsp3) is 0.355. The molecule has 2 unspecified atom stereocenters. The van der Waals surface area contributed by atoms with E-state index in [-0.39, 0.29) is 24.3 Å². The fourth-order valence-corrected chi connectivity index (χ4v) is 8.83. The smallest absolute Gasteiger partial charge is 0.410 e. The fourth-order valence-electron chi connectivity index (χ4n) is 8.21. The first-order valence-corrected chi connectivity index (χ1v) is 27.8. The summed E-state index contributed by atoms with van der Waals surface area (Å²) in [4.78, 5) is 58.0. The van der Waals surface area contributed by atoms with E-state index in [1.54, 1.807) is 29.2 Å². The quantitative estimate of drug-likeness (QED) is 0.0627. The van der Waals surface area contributed by atoms with Gasteiger partial charge in [0.15, 0.2) is 0 Å². The zero-order chi connectivity index (χ0) is 57.5. The number of rotatable bonds is 14. The zero-order valence-electron chi connectivity index (χ0n) is 46.1. The topological polar surface area (TPSA) is 153 Å². The van der Waals surface area contributed by atoms with E-state index in [1.165, 1.54) is 18.2 Å². The number of amides is 2. The second-order valence-corrected chi connectivity index (χ2v) is 22.4. The van der Waals surface area contributed by atoms with Gasteiger partial charge in [0.25, 0.3) is 0 Å². The lowest BCUT2D eigenvalue weighted by Gasteiger charge is -2.29. The van der Waals surface area contributed by atoms with Crippen LogP contribution in [0.5, 0.6) is 23.0 Å². The lowest BCUT2D eigenvalue weighted by atomic mass is 10.1. The van der Waals surface area contributed by atoms with Crippen LogP contribution in [0.1, 0.15) is 81.4 Å². The summed E-state index contributed by atoms with van der Waals surface area (Å²) in [6.45, 7) is 18.8. The van der Waals surface area contributed by atoms with Crippen molar-refractivity contribution >= 4 is 74.8 Å². The lowest BCUT2D eigenvalue weighted by Crippen LogP contribution is -2.36. The van der Waals surface area contributed by atoms with Crippen LogP contribution in [-0.2, 0) is 35.7 Å². The molecular weight excluding hydrogens is 1110 g/mol. The Morgan fingerprint density at radius 3 is 1.48 bits per heavy atom. The van der Waals surface area contributed by atoms with E-state index in [0.717, 1.165) is 97.4 Å². The number of alkyl halides is 1. The van der Waals surface area contributed by atoms with E-state index in [4.69, 9.17) is 51.7 Å². The predicted octanol–water partition coefficient (Wildman–Crippen LogP) is 15.3. The number of ether oxygens (including phenoxy) is 5. The number of esters is 1. The van der Waals surface area contributed by atoms with Crippen molar-refractivity contribution in [2.45, 2.75) is 84.4 Å². The van der Waals surface area contributed by atoms with Gasteiger partial charge in [-0.2, -0.15) is 9.59 Å². The molecular formula is C62H71BrCl2N4O10. The molecule has 0 saturated carbocycles. The lowest BCUT2D eigenvalue weighted by molar-refractivity contribution is -0.191. The SMILES string of the molecule is CC(C)(C)OC(=O)N1CCC(CNc2ccc(Oc3ccc(Cl)cc3)cc2)C1.COC(=O)c1ccc(CBr)cc1.Cc1ccc(CN(CC2CCN(C(=O)OC(C)(C)C)C2)c2ccc(Oc3ccc(Cl)cc3)cc2)cc1.O=C=O. The maximum atomic E-state index is 12.6. The first-order chi connectivity index (χ1) is 37.6. The van der Waals surface area contributed by atoms with Gasteiger partial charge < -0.3 is 43.7 Å². The van der Waals surface area contributed by atoms with Gasteiger partial charge in [-0.25, -0.2) is 14.4 Å². The highest BCUT2D eigenvalue weighted by Crippen LogP contribution is 2.30. The molecule has 8 rings (SSSR count). The second kappa shape index (κ2) is 30.9. The molecule has 17 heteroatoms. The number of benzene rings is 6. The first-order valence-electron chi connectivity index (χ1n) is 25.9. The van der Waals surface area contributed by atoms with Gasteiger partial charge in [-0.05, 0) is 193 Å². The summed E-state index contributed by atoms with van der Waals surface area (Å²) >= 11 is 15.2. The number of nitrogens with zero attached hydrogens (tertiary/aromatic N) is 3. The van der Waals surface area contributed by atoms with Crippen molar-refractivity contribution in [3.05, 3.63) is 178 Å². The van der Waals surface area contributed by atoms with Gasteiger partial charge in [-0.15, -0.1) is 0 Å². The molecule has 420 valence electrons. The third-order valence-electron chi connectivity index (χ3n) is 12.1. The molecule has 2 aliphatic heterocycles. The van der Waals surface area contributed by atoms with Crippen molar-refractivity contribution in [2.75, 3.05) is 56.6 Å². The molecule has 0 aliphatic carbocycles. The molecule has 79 heavy (non-hydrogen) atoms. The van der Waals surface area contributed by atoms with Crippen molar-refractivity contribution in [1.82, 2.24) is 9.80 Å². The molecule has 2 heterocycles. The molecule has 2 aliphatic rings. The number of carbonyl (C=O) groups is 3. The number of likely N-dealkylation sites (tertiary alicyclic amines) is 2. The highest BCUT2D eigenvalue weighted by molar-refractivity contribution is 9.08. The number of carbonyl (C=O) groups excluding carboxylic acids is 5. The average Bonchev–Trinajstić information content (AvgIpc) is 4.13. The number of aryl methyl sites for hydroxylation is 1. The molecule has 0 bridgehead atoms. The Balaban J connectivity index is 0.000000235. The minimum absolute atomic E-state index is 0.223. The van der Waals surface area contributed by atoms with Crippen molar-refractivity contribution < 1.29 is 47.7 Å². The molecule has 2 amide bonds. The Kier molecular flexibility index (Phi) is 24.6. The van der Waals surface area contributed by atoms with Crippen LogP contribution in [-0.4, -0.2) is 91.7 Å². The Morgan fingerprint density at radius 2 is 1.04 bits per heavy atom. The van der Waals surface area contributed by atoms with Gasteiger partial charge in [0.2, 0.25) is 0 Å². The van der Waals surface area contributed by atoms with Crippen LogP contribution in [0.3, 0.4) is 0 Å². The molecule has 2 atom stereocenters. The summed E-state index contributed by atoms with van der Waals surface area (Å²) in [6, 6.07) is 46.6. The summed E-state index contributed by atoms with van der Waals surface area (Å²) in [6.07, 6.45) is 1.74. The van der Waals surface area contributed by atoms with Crippen molar-refractivity contribution in [1.29, 1.82) is 0 Å². The predicted molar refractivity (Wildman–Crippen MR) is 314 cm³/mol. The molecule has 0 radical (unpaired) electrons. The average molecular weight is 1180 g/mol. The van der Waals surface area contributed by atoms with Crippen molar-refractivity contribution in [3.63, 3.8) is 0 Å². The molecule has 2 fully saturated rings. The normalized spacial score (nSPS) is 14.6. The summed E-state index contributed by atoms with van der Waals surface area (Å²) in [5.41, 5.74) is 5.44. The molecule has 0 aromatic heterocycles. The summed E-state index contributed by atoms with van der Waals surface area (Å²) < 4.78 is 27.4. The van der Waals surface area contributed by atoms with E-state index >= 15 is 0 Å². The minimum Gasteiger partial charge on any atom is -0.465 e. The van der Waals surface area contributed by atoms with Gasteiger partial charge >= 0.3 is 24.3 Å². The van der Waals surface area contributed by atoms with Gasteiger partial charge in [0.05, 0.1) is 12.7 Å². The van der Waals surface area contributed by atoms with Crippen LogP contribution in [0.4, 0.5) is 21.0 Å². The van der Waals surface area contributed by atoms with Crippen LogP contribution in [0.15, 0.2) is 146 Å². The Labute approximate surface area is 483 Å². The standard InChI is InChI=1S/C30H35ClN2O3.C22H27ClN2O3.C9H9BrO2.CO2/c1-22-5-7-23(8-6-22)19-33(21-24-17-18-32(20-24)29(34)36-30(2,3)4)26-11-15-28(16-12-26)35-27-13-9-25(31)10-14-27;1-22(2,3)28-21(26)25-13-12-16(15-25)14-24-18-6-10-20(11-7-18)27-19-8-4-17(23)5-9-19;1-12-9(11)8-4-2-7(6-10)3-5-8;2-1-3/h5-16,24H,17-21H2,1-4H3;4-11,16,24H,12-15H2,1-3H3;2-5H,6H2,1H3;. The van der Waals surface area contributed by atoms with E-state index in [2.05, 4.69) is 74.2 Å². The summed E-state index contributed by atoms with van der Waals surface area (Å²) in [5, 5.41) is 5.61. The van der Waals surface area contributed by atoms with Gasteiger partial charge in [-0.1, -0.05) is 81.1 Å². The Bertz CT molecular complexity index is 2860. The Hall–Kier alpha value is -7.03. The van der Waals surface area contributed by atoms with Gasteiger partial charge in [0.1, 0.15) is 34.2 Å². The van der Waals surface area contributed by atoms with E-state index in [0.29, 0.717) is 34.0 Å². The third-order valence-corrected chi connectivity index (χ3v) is 13.3.